The highest BCUT2D eigenvalue weighted by atomic mass is 32.1. The summed E-state index contributed by atoms with van der Waals surface area (Å²) in [5, 5.41) is 13.8. The van der Waals surface area contributed by atoms with Crippen molar-refractivity contribution >= 4 is 39.0 Å². The van der Waals surface area contributed by atoms with E-state index in [0.29, 0.717) is 12.1 Å². The van der Waals surface area contributed by atoms with Crippen LogP contribution < -0.4 is 5.32 Å². The zero-order valence-electron chi connectivity index (χ0n) is 15.7. The van der Waals surface area contributed by atoms with Crippen LogP contribution in [0.5, 0.6) is 0 Å². The molecule has 2 heterocycles. The Hall–Kier alpha value is -3.25. The van der Waals surface area contributed by atoms with Crippen molar-refractivity contribution in [2.45, 2.75) is 25.7 Å². The summed E-state index contributed by atoms with van der Waals surface area (Å²) in [5.74, 6) is 0.589. The molecule has 0 spiro atoms. The van der Waals surface area contributed by atoms with Gasteiger partial charge >= 0.3 is 5.97 Å². The average Bonchev–Trinajstić information content (AvgIpc) is 3.30. The molecule has 2 aromatic carbocycles. The smallest absolute Gasteiger partial charge is 0.335 e. The lowest BCUT2D eigenvalue weighted by atomic mass is 10.1. The van der Waals surface area contributed by atoms with Crippen molar-refractivity contribution in [3.8, 4) is 0 Å². The molecule has 0 saturated carbocycles. The Kier molecular flexibility index (Phi) is 4.48. The first kappa shape index (κ1) is 17.8. The molecular formula is C23H19N3O2S. The minimum Gasteiger partial charge on any atom is -0.478 e. The summed E-state index contributed by atoms with van der Waals surface area (Å²) in [7, 11) is 0. The molecular weight excluding hydrogens is 382 g/mol. The van der Waals surface area contributed by atoms with E-state index in [2.05, 4.69) is 17.4 Å². The molecule has 1 aliphatic rings. The van der Waals surface area contributed by atoms with Gasteiger partial charge in [-0.25, -0.2) is 14.8 Å². The van der Waals surface area contributed by atoms with Crippen LogP contribution >= 0.6 is 11.3 Å². The van der Waals surface area contributed by atoms with E-state index in [-0.39, 0.29) is 5.56 Å². The molecule has 5 rings (SSSR count). The fraction of sp³-hybridized carbons (Fsp3) is 0.174. The van der Waals surface area contributed by atoms with Gasteiger partial charge in [-0.2, -0.15) is 0 Å². The van der Waals surface area contributed by atoms with Crippen LogP contribution in [0.1, 0.15) is 38.6 Å². The van der Waals surface area contributed by atoms with E-state index in [4.69, 9.17) is 9.97 Å². The Morgan fingerprint density at radius 2 is 1.93 bits per heavy atom. The number of aryl methyl sites for hydroxylation is 2. The molecule has 0 bridgehead atoms. The SMILES string of the molecule is O=C(O)c1cccc(Nc2nc(Cc3ccccc3)nc3sc4c(c23)CCC4)c1. The van der Waals surface area contributed by atoms with Gasteiger partial charge in [0.25, 0.3) is 0 Å². The number of carbonyl (C=O) groups is 1. The molecule has 2 aromatic heterocycles. The van der Waals surface area contributed by atoms with Crippen molar-refractivity contribution in [1.82, 2.24) is 9.97 Å². The maximum absolute atomic E-state index is 11.3. The molecule has 0 radical (unpaired) electrons. The van der Waals surface area contributed by atoms with Gasteiger partial charge in [0.1, 0.15) is 16.5 Å². The number of carboxylic acids is 1. The second kappa shape index (κ2) is 7.29. The molecule has 29 heavy (non-hydrogen) atoms. The lowest BCUT2D eigenvalue weighted by Gasteiger charge is -2.11. The van der Waals surface area contributed by atoms with E-state index < -0.39 is 5.97 Å². The largest absolute Gasteiger partial charge is 0.478 e. The number of aromatic nitrogens is 2. The lowest BCUT2D eigenvalue weighted by Crippen LogP contribution is -2.03. The van der Waals surface area contributed by atoms with Gasteiger partial charge < -0.3 is 10.4 Å². The predicted octanol–water partition coefficient (Wildman–Crippen LogP) is 5.21. The van der Waals surface area contributed by atoms with Crippen LogP contribution in [0.4, 0.5) is 11.5 Å². The van der Waals surface area contributed by atoms with Crippen molar-refractivity contribution in [2.24, 2.45) is 0 Å². The van der Waals surface area contributed by atoms with Gasteiger partial charge in [-0.3, -0.25) is 0 Å². The molecule has 6 heteroatoms. The van der Waals surface area contributed by atoms with Crippen molar-refractivity contribution in [3.05, 3.63) is 82.0 Å². The highest BCUT2D eigenvalue weighted by Crippen LogP contribution is 2.40. The summed E-state index contributed by atoms with van der Waals surface area (Å²) in [4.78, 5) is 23.4. The Labute approximate surface area is 172 Å². The molecule has 5 nitrogen and oxygen atoms in total. The van der Waals surface area contributed by atoms with Crippen molar-refractivity contribution in [1.29, 1.82) is 0 Å². The fourth-order valence-corrected chi connectivity index (χ4v) is 5.13. The summed E-state index contributed by atoms with van der Waals surface area (Å²) >= 11 is 1.76. The lowest BCUT2D eigenvalue weighted by molar-refractivity contribution is 0.0697. The third-order valence-corrected chi connectivity index (χ3v) is 6.37. The van der Waals surface area contributed by atoms with E-state index in [0.717, 1.165) is 46.7 Å². The zero-order chi connectivity index (χ0) is 19.8. The maximum atomic E-state index is 11.3. The van der Waals surface area contributed by atoms with Crippen molar-refractivity contribution in [3.63, 3.8) is 0 Å². The van der Waals surface area contributed by atoms with Gasteiger partial charge in [0, 0.05) is 17.0 Å². The number of benzene rings is 2. The van der Waals surface area contributed by atoms with Gasteiger partial charge in [0.2, 0.25) is 0 Å². The normalized spacial score (nSPS) is 12.8. The number of aromatic carboxylic acids is 1. The minimum atomic E-state index is -0.942. The molecule has 144 valence electrons. The van der Waals surface area contributed by atoms with Gasteiger partial charge in [0.05, 0.1) is 10.9 Å². The standard InChI is InChI=1S/C23H19N3O2S/c27-23(28)15-8-4-9-16(13-15)24-21-20-17-10-5-11-18(17)29-22(20)26-19(25-21)12-14-6-2-1-3-7-14/h1-4,6-9,13H,5,10-12H2,(H,27,28)(H,24,25,26). The summed E-state index contributed by atoms with van der Waals surface area (Å²) in [6, 6.07) is 17.0. The molecule has 0 atom stereocenters. The summed E-state index contributed by atoms with van der Waals surface area (Å²) in [6.45, 7) is 0. The first-order valence-corrected chi connectivity index (χ1v) is 10.4. The predicted molar refractivity (Wildman–Crippen MR) is 115 cm³/mol. The Morgan fingerprint density at radius 1 is 1.07 bits per heavy atom. The third-order valence-electron chi connectivity index (χ3n) is 5.19. The van der Waals surface area contributed by atoms with Crippen molar-refractivity contribution < 1.29 is 9.90 Å². The highest BCUT2D eigenvalue weighted by molar-refractivity contribution is 7.19. The quantitative estimate of drug-likeness (QED) is 0.480. The van der Waals surface area contributed by atoms with Crippen molar-refractivity contribution in [2.75, 3.05) is 5.32 Å². The second-order valence-corrected chi connectivity index (χ2v) is 8.28. The minimum absolute atomic E-state index is 0.250. The Bertz CT molecular complexity index is 1220. The monoisotopic (exact) mass is 401 g/mol. The van der Waals surface area contributed by atoms with E-state index in [1.165, 1.54) is 10.4 Å². The molecule has 0 saturated heterocycles. The molecule has 4 aromatic rings. The third kappa shape index (κ3) is 3.47. The summed E-state index contributed by atoms with van der Waals surface area (Å²) in [5.41, 5.74) is 3.47. The number of nitrogens with one attached hydrogen (secondary N) is 1. The topological polar surface area (TPSA) is 75.1 Å². The van der Waals surface area contributed by atoms with Crippen LogP contribution in [0.2, 0.25) is 0 Å². The Balaban J connectivity index is 1.60. The number of anilines is 2. The number of hydrogen-bond donors (Lipinski definition) is 2. The van der Waals surface area contributed by atoms with Gasteiger partial charge in [0.15, 0.2) is 0 Å². The number of rotatable bonds is 5. The highest BCUT2D eigenvalue weighted by Gasteiger charge is 2.22. The zero-order valence-corrected chi connectivity index (χ0v) is 16.5. The number of carboxylic acid groups (broad SMARTS) is 1. The van der Waals surface area contributed by atoms with Crippen LogP contribution in [0.3, 0.4) is 0 Å². The Morgan fingerprint density at radius 3 is 2.76 bits per heavy atom. The van der Waals surface area contributed by atoms with Crippen LogP contribution in [0.15, 0.2) is 54.6 Å². The van der Waals surface area contributed by atoms with Crippen LogP contribution in [-0.2, 0) is 19.3 Å². The average molecular weight is 401 g/mol. The van der Waals surface area contributed by atoms with E-state index in [1.807, 2.05) is 24.3 Å². The number of hydrogen-bond acceptors (Lipinski definition) is 5. The second-order valence-electron chi connectivity index (χ2n) is 7.20. The number of fused-ring (bicyclic) bond motifs is 3. The van der Waals surface area contributed by atoms with Gasteiger partial charge in [-0.1, -0.05) is 36.4 Å². The molecule has 0 amide bonds. The van der Waals surface area contributed by atoms with Gasteiger partial charge in [-0.05, 0) is 48.6 Å². The fourth-order valence-electron chi connectivity index (χ4n) is 3.85. The van der Waals surface area contributed by atoms with E-state index >= 15 is 0 Å². The first-order valence-electron chi connectivity index (χ1n) is 9.63. The molecule has 2 N–H and O–H groups in total. The molecule has 0 unspecified atom stereocenters. The van der Waals surface area contributed by atoms with Crippen LogP contribution in [0.25, 0.3) is 10.2 Å². The van der Waals surface area contributed by atoms with E-state index in [1.54, 1.807) is 29.5 Å². The summed E-state index contributed by atoms with van der Waals surface area (Å²) in [6.07, 6.45) is 3.96. The molecule has 0 aliphatic heterocycles. The summed E-state index contributed by atoms with van der Waals surface area (Å²) < 4.78 is 0. The van der Waals surface area contributed by atoms with Gasteiger partial charge in [-0.15, -0.1) is 11.3 Å². The van der Waals surface area contributed by atoms with E-state index in [9.17, 15) is 9.90 Å². The number of thiophene rings is 1. The number of nitrogens with zero attached hydrogens (tertiary/aromatic N) is 2. The molecule has 1 aliphatic carbocycles. The first-order chi connectivity index (χ1) is 14.2. The maximum Gasteiger partial charge on any atom is 0.335 e. The molecule has 0 fully saturated rings. The van der Waals surface area contributed by atoms with Crippen LogP contribution in [0, 0.1) is 0 Å². The van der Waals surface area contributed by atoms with Crippen LogP contribution in [-0.4, -0.2) is 21.0 Å².